The number of anilines is 1. The van der Waals surface area contributed by atoms with Gasteiger partial charge in [0.1, 0.15) is 5.82 Å². The third-order valence-corrected chi connectivity index (χ3v) is 6.07. The van der Waals surface area contributed by atoms with Crippen LogP contribution in [0.5, 0.6) is 0 Å². The molecule has 1 aromatic heterocycles. The van der Waals surface area contributed by atoms with Crippen LogP contribution in [0.25, 0.3) is 0 Å². The van der Waals surface area contributed by atoms with Gasteiger partial charge in [-0.3, -0.25) is 4.90 Å². The summed E-state index contributed by atoms with van der Waals surface area (Å²) in [4.78, 5) is 25.6. The van der Waals surface area contributed by atoms with E-state index in [1.54, 1.807) is 4.90 Å². The zero-order valence-electron chi connectivity index (χ0n) is 13.7. The molecule has 1 saturated carbocycles. The molecular weight excluding hydrogens is 310 g/mol. The molecule has 2 aliphatic heterocycles. The summed E-state index contributed by atoms with van der Waals surface area (Å²) < 4.78 is 0. The number of thioether (sulfide) groups is 1. The Morgan fingerprint density at radius 1 is 1.35 bits per heavy atom. The molecule has 1 saturated heterocycles. The molecular formula is C16H23N5OS. The molecule has 1 aromatic rings. The Kier molecular flexibility index (Phi) is 3.93. The zero-order chi connectivity index (χ0) is 16.0. The highest BCUT2D eigenvalue weighted by Gasteiger charge is 2.43. The summed E-state index contributed by atoms with van der Waals surface area (Å²) >= 11 is 1.50. The molecule has 2 fully saturated rings. The van der Waals surface area contributed by atoms with Gasteiger partial charge in [0.05, 0.1) is 6.54 Å². The molecule has 2 unspecified atom stereocenters. The summed E-state index contributed by atoms with van der Waals surface area (Å²) in [6.07, 6.45) is 8.62. The number of urea groups is 1. The van der Waals surface area contributed by atoms with Crippen molar-refractivity contribution in [3.8, 4) is 0 Å². The van der Waals surface area contributed by atoms with Crippen LogP contribution in [0.1, 0.15) is 31.2 Å². The fourth-order valence-electron chi connectivity index (χ4n) is 4.40. The summed E-state index contributed by atoms with van der Waals surface area (Å²) in [6.45, 7) is 1.65. The van der Waals surface area contributed by atoms with Crippen LogP contribution in [0.4, 0.5) is 10.6 Å². The van der Waals surface area contributed by atoms with Gasteiger partial charge in [0.2, 0.25) is 0 Å². The predicted octanol–water partition coefficient (Wildman–Crippen LogP) is 2.10. The van der Waals surface area contributed by atoms with Gasteiger partial charge in [-0.15, -0.1) is 0 Å². The van der Waals surface area contributed by atoms with E-state index in [-0.39, 0.29) is 6.03 Å². The largest absolute Gasteiger partial charge is 0.325 e. The van der Waals surface area contributed by atoms with Crippen LogP contribution in [0, 0.1) is 5.92 Å². The van der Waals surface area contributed by atoms with Gasteiger partial charge in [-0.2, -0.15) is 0 Å². The third-order valence-electron chi connectivity index (χ3n) is 5.50. The molecule has 1 aliphatic carbocycles. The molecule has 124 valence electrons. The number of aromatic nitrogens is 2. The summed E-state index contributed by atoms with van der Waals surface area (Å²) in [5.74, 6) is 1.36. The van der Waals surface area contributed by atoms with Crippen LogP contribution in [0.3, 0.4) is 0 Å². The lowest BCUT2D eigenvalue weighted by Gasteiger charge is -2.45. The fraction of sp³-hybridized carbons (Fsp3) is 0.688. The minimum Gasteiger partial charge on any atom is -0.316 e. The lowest BCUT2D eigenvalue weighted by molar-refractivity contribution is 0.110. The van der Waals surface area contributed by atoms with E-state index in [4.69, 9.17) is 0 Å². The third kappa shape index (κ3) is 2.50. The normalized spacial score (nSPS) is 30.3. The van der Waals surface area contributed by atoms with Crippen molar-refractivity contribution >= 4 is 23.6 Å². The minimum absolute atomic E-state index is 0.0841. The smallest absolute Gasteiger partial charge is 0.316 e. The summed E-state index contributed by atoms with van der Waals surface area (Å²) in [5.41, 5.74) is 1.05. The molecule has 0 aromatic carbocycles. The molecule has 0 radical (unpaired) electrons. The van der Waals surface area contributed by atoms with Gasteiger partial charge in [0, 0.05) is 30.9 Å². The SMILES string of the molecule is CSc1ncc2c(n1)N(C)C(=O)N(C1CCNC3CCC[C@H]31)C2. The van der Waals surface area contributed by atoms with Crippen LogP contribution in [-0.2, 0) is 6.54 Å². The second-order valence-electron chi connectivity index (χ2n) is 6.69. The average molecular weight is 333 g/mol. The van der Waals surface area contributed by atoms with E-state index in [0.717, 1.165) is 29.5 Å². The Morgan fingerprint density at radius 2 is 2.22 bits per heavy atom. The van der Waals surface area contributed by atoms with Crippen molar-refractivity contribution in [2.75, 3.05) is 24.7 Å². The fourth-order valence-corrected chi connectivity index (χ4v) is 4.73. The van der Waals surface area contributed by atoms with E-state index in [2.05, 4.69) is 20.2 Å². The number of rotatable bonds is 2. The van der Waals surface area contributed by atoms with Gasteiger partial charge in [0.25, 0.3) is 0 Å². The van der Waals surface area contributed by atoms with E-state index >= 15 is 0 Å². The van der Waals surface area contributed by atoms with E-state index in [1.807, 2.05) is 19.5 Å². The summed E-state index contributed by atoms with van der Waals surface area (Å²) in [6, 6.07) is 1.01. The maximum Gasteiger partial charge on any atom is 0.325 e. The van der Waals surface area contributed by atoms with Crippen molar-refractivity contribution in [3.05, 3.63) is 11.8 Å². The first-order valence-corrected chi connectivity index (χ1v) is 9.59. The van der Waals surface area contributed by atoms with Gasteiger partial charge in [-0.05, 0) is 38.0 Å². The maximum absolute atomic E-state index is 12.9. The minimum atomic E-state index is 0.0841. The lowest BCUT2D eigenvalue weighted by Crippen LogP contribution is -2.58. The highest BCUT2D eigenvalue weighted by molar-refractivity contribution is 7.98. The Labute approximate surface area is 141 Å². The van der Waals surface area contributed by atoms with Crippen molar-refractivity contribution in [2.45, 2.75) is 49.5 Å². The van der Waals surface area contributed by atoms with Crippen LogP contribution >= 0.6 is 11.8 Å². The zero-order valence-corrected chi connectivity index (χ0v) is 14.5. The van der Waals surface area contributed by atoms with Crippen LogP contribution < -0.4 is 10.2 Å². The summed E-state index contributed by atoms with van der Waals surface area (Å²) in [5, 5.41) is 4.35. The Bertz CT molecular complexity index is 624. The van der Waals surface area contributed by atoms with Crippen molar-refractivity contribution in [1.82, 2.24) is 20.2 Å². The molecule has 4 rings (SSSR count). The van der Waals surface area contributed by atoms with Crippen molar-refractivity contribution < 1.29 is 4.79 Å². The van der Waals surface area contributed by atoms with Crippen molar-refractivity contribution in [3.63, 3.8) is 0 Å². The number of hydrogen-bond acceptors (Lipinski definition) is 5. The van der Waals surface area contributed by atoms with Gasteiger partial charge in [-0.1, -0.05) is 18.2 Å². The first-order valence-electron chi connectivity index (χ1n) is 8.36. The van der Waals surface area contributed by atoms with E-state index in [9.17, 15) is 4.79 Å². The maximum atomic E-state index is 12.9. The first kappa shape index (κ1) is 15.2. The van der Waals surface area contributed by atoms with E-state index in [1.165, 1.54) is 31.0 Å². The molecule has 0 spiro atoms. The van der Waals surface area contributed by atoms with Crippen LogP contribution in [0.15, 0.2) is 11.4 Å². The van der Waals surface area contributed by atoms with Gasteiger partial charge in [0.15, 0.2) is 5.16 Å². The first-order chi connectivity index (χ1) is 11.2. The molecule has 3 aliphatic rings. The summed E-state index contributed by atoms with van der Waals surface area (Å²) in [7, 11) is 1.83. The van der Waals surface area contributed by atoms with E-state index in [0.29, 0.717) is 24.5 Å². The molecule has 1 N–H and O–H groups in total. The topological polar surface area (TPSA) is 61.4 Å². The number of piperidine rings is 1. The number of amides is 2. The number of fused-ring (bicyclic) bond motifs is 2. The van der Waals surface area contributed by atoms with Crippen molar-refractivity contribution in [2.24, 2.45) is 5.92 Å². The van der Waals surface area contributed by atoms with Crippen LogP contribution in [-0.4, -0.2) is 52.8 Å². The Hall–Kier alpha value is -1.34. The number of hydrogen-bond donors (Lipinski definition) is 1. The second-order valence-corrected chi connectivity index (χ2v) is 7.46. The number of nitrogens with one attached hydrogen (secondary N) is 1. The quantitative estimate of drug-likeness (QED) is 0.663. The Morgan fingerprint density at radius 3 is 3.04 bits per heavy atom. The number of carbonyl (C=O) groups is 1. The standard InChI is InChI=1S/C16H23N5OS/c1-20-14-10(8-18-15(19-14)23-2)9-21(16(20)22)13-6-7-17-12-5-3-4-11(12)13/h8,11-13,17H,3-7,9H2,1-2H3/t11-,12?,13?/m1/s1. The Balaban J connectivity index is 1.64. The molecule has 3 heterocycles. The van der Waals surface area contributed by atoms with Gasteiger partial charge in [-0.25, -0.2) is 14.8 Å². The predicted molar refractivity (Wildman–Crippen MR) is 90.7 cm³/mol. The lowest BCUT2D eigenvalue weighted by atomic mass is 9.87. The molecule has 3 atom stereocenters. The molecule has 2 amide bonds. The molecule has 7 heteroatoms. The van der Waals surface area contributed by atoms with Gasteiger partial charge < -0.3 is 10.2 Å². The average Bonchev–Trinajstić information content (AvgIpc) is 3.06. The van der Waals surface area contributed by atoms with Gasteiger partial charge >= 0.3 is 6.03 Å². The van der Waals surface area contributed by atoms with Crippen LogP contribution in [0.2, 0.25) is 0 Å². The second kappa shape index (κ2) is 5.94. The number of nitrogens with zero attached hydrogens (tertiary/aromatic N) is 4. The number of carbonyl (C=O) groups excluding carboxylic acids is 1. The van der Waals surface area contributed by atoms with E-state index < -0.39 is 0 Å². The molecule has 0 bridgehead atoms. The molecule has 6 nitrogen and oxygen atoms in total. The monoisotopic (exact) mass is 333 g/mol. The molecule has 23 heavy (non-hydrogen) atoms. The highest BCUT2D eigenvalue weighted by Crippen LogP contribution is 2.38. The highest BCUT2D eigenvalue weighted by atomic mass is 32.2. The van der Waals surface area contributed by atoms with Crippen molar-refractivity contribution in [1.29, 1.82) is 0 Å².